The molecule has 0 aliphatic rings. The van der Waals surface area contributed by atoms with E-state index in [4.69, 9.17) is 14.9 Å². The van der Waals surface area contributed by atoms with Crippen molar-refractivity contribution in [3.05, 3.63) is 29.2 Å². The van der Waals surface area contributed by atoms with Crippen LogP contribution in [0.3, 0.4) is 0 Å². The van der Waals surface area contributed by atoms with Crippen molar-refractivity contribution in [3.8, 4) is 0 Å². The quantitative estimate of drug-likeness (QED) is 0.824. The van der Waals surface area contributed by atoms with Crippen molar-refractivity contribution in [1.82, 2.24) is 4.37 Å². The Hall–Kier alpha value is -2.02. The number of furan rings is 1. The first-order valence-electron chi connectivity index (χ1n) is 6.28. The van der Waals surface area contributed by atoms with E-state index in [1.54, 1.807) is 6.92 Å². The Labute approximate surface area is 121 Å². The predicted octanol–water partition coefficient (Wildman–Crippen LogP) is 2.98. The van der Waals surface area contributed by atoms with Crippen LogP contribution in [-0.2, 0) is 4.74 Å². The van der Waals surface area contributed by atoms with E-state index in [1.165, 1.54) is 0 Å². The molecule has 0 bridgehead atoms. The molecular formula is C13H17N3O3S. The fourth-order valence-electron chi connectivity index (χ4n) is 1.76. The van der Waals surface area contributed by atoms with Gasteiger partial charge < -0.3 is 20.2 Å². The van der Waals surface area contributed by atoms with Crippen LogP contribution in [-0.4, -0.2) is 16.9 Å². The first-order chi connectivity index (χ1) is 9.52. The highest BCUT2D eigenvalue weighted by Crippen LogP contribution is 2.31. The van der Waals surface area contributed by atoms with Crippen molar-refractivity contribution in [2.24, 2.45) is 0 Å². The average Bonchev–Trinajstić information content (AvgIpc) is 2.96. The minimum absolute atomic E-state index is 0.100. The third kappa shape index (κ3) is 2.93. The molecule has 1 atom stereocenters. The number of carbonyl (C=O) groups excluding carboxylic acids is 1. The number of nitrogen functional groups attached to an aromatic ring is 1. The van der Waals surface area contributed by atoms with E-state index in [-0.39, 0.29) is 17.4 Å². The lowest BCUT2D eigenvalue weighted by Gasteiger charge is -2.12. The Kier molecular flexibility index (Phi) is 4.29. The normalized spacial score (nSPS) is 12.2. The van der Waals surface area contributed by atoms with Crippen LogP contribution in [0.5, 0.6) is 0 Å². The number of hydrogen-bond donors (Lipinski definition) is 2. The number of anilines is 2. The maximum atomic E-state index is 11.9. The van der Waals surface area contributed by atoms with Gasteiger partial charge >= 0.3 is 5.97 Å². The second-order valence-corrected chi connectivity index (χ2v) is 5.08. The average molecular weight is 295 g/mol. The molecule has 2 aromatic rings. The Bertz CT molecular complexity index is 606. The van der Waals surface area contributed by atoms with Gasteiger partial charge in [-0.25, -0.2) is 4.79 Å². The SMILES string of the molecule is CCOC(=O)c1c(N)nsc1NC(C)c1ccc(C)o1. The van der Waals surface area contributed by atoms with Gasteiger partial charge in [0.25, 0.3) is 0 Å². The summed E-state index contributed by atoms with van der Waals surface area (Å²) in [5.41, 5.74) is 6.01. The van der Waals surface area contributed by atoms with Gasteiger partial charge in [0.1, 0.15) is 22.1 Å². The number of rotatable bonds is 5. The number of esters is 1. The van der Waals surface area contributed by atoms with Crippen molar-refractivity contribution in [3.63, 3.8) is 0 Å². The number of carbonyl (C=O) groups is 1. The Morgan fingerprint density at radius 3 is 2.95 bits per heavy atom. The third-order valence-corrected chi connectivity index (χ3v) is 3.53. The minimum atomic E-state index is -0.468. The number of ether oxygens (including phenoxy) is 1. The van der Waals surface area contributed by atoms with Gasteiger partial charge in [0.2, 0.25) is 0 Å². The first kappa shape index (κ1) is 14.4. The van der Waals surface area contributed by atoms with E-state index in [0.717, 1.165) is 23.1 Å². The summed E-state index contributed by atoms with van der Waals surface area (Å²) < 4.78 is 14.5. The van der Waals surface area contributed by atoms with Crippen LogP contribution in [0.4, 0.5) is 10.8 Å². The number of nitrogens with one attached hydrogen (secondary N) is 1. The molecule has 7 heteroatoms. The van der Waals surface area contributed by atoms with Crippen molar-refractivity contribution in [1.29, 1.82) is 0 Å². The molecule has 0 saturated heterocycles. The van der Waals surface area contributed by atoms with Gasteiger partial charge in [-0.1, -0.05) is 0 Å². The lowest BCUT2D eigenvalue weighted by atomic mass is 10.2. The van der Waals surface area contributed by atoms with E-state index >= 15 is 0 Å². The highest BCUT2D eigenvalue weighted by molar-refractivity contribution is 7.11. The zero-order valence-corrected chi connectivity index (χ0v) is 12.4. The zero-order valence-electron chi connectivity index (χ0n) is 11.6. The van der Waals surface area contributed by atoms with Crippen LogP contribution in [0.2, 0.25) is 0 Å². The molecule has 0 aromatic carbocycles. The first-order valence-corrected chi connectivity index (χ1v) is 7.05. The van der Waals surface area contributed by atoms with Crippen LogP contribution in [0.25, 0.3) is 0 Å². The fraction of sp³-hybridized carbons (Fsp3) is 0.385. The van der Waals surface area contributed by atoms with E-state index in [0.29, 0.717) is 11.6 Å². The maximum absolute atomic E-state index is 11.9. The Morgan fingerprint density at radius 2 is 2.35 bits per heavy atom. The lowest BCUT2D eigenvalue weighted by Crippen LogP contribution is -2.11. The molecule has 0 amide bonds. The Balaban J connectivity index is 2.19. The molecule has 2 heterocycles. The molecule has 0 aliphatic carbocycles. The van der Waals surface area contributed by atoms with Crippen molar-refractivity contribution < 1.29 is 13.9 Å². The topological polar surface area (TPSA) is 90.4 Å². The van der Waals surface area contributed by atoms with Gasteiger partial charge in [-0.3, -0.25) is 0 Å². The van der Waals surface area contributed by atoms with E-state index < -0.39 is 5.97 Å². The molecule has 0 radical (unpaired) electrons. The van der Waals surface area contributed by atoms with Gasteiger partial charge in [-0.15, -0.1) is 0 Å². The zero-order chi connectivity index (χ0) is 14.7. The standard InChI is InChI=1S/C13H17N3O3S/c1-4-18-13(17)10-11(14)16-20-12(10)15-8(3)9-6-5-7(2)19-9/h5-6,8,15H,4H2,1-3H3,(H2,14,16). The summed E-state index contributed by atoms with van der Waals surface area (Å²) >= 11 is 1.13. The molecule has 0 saturated carbocycles. The number of nitrogens with zero attached hydrogens (tertiary/aromatic N) is 1. The van der Waals surface area contributed by atoms with Crippen molar-refractivity contribution >= 4 is 28.3 Å². The Morgan fingerprint density at radius 1 is 1.60 bits per heavy atom. The summed E-state index contributed by atoms with van der Waals surface area (Å²) in [4.78, 5) is 11.9. The maximum Gasteiger partial charge on any atom is 0.344 e. The molecule has 20 heavy (non-hydrogen) atoms. The van der Waals surface area contributed by atoms with Crippen LogP contribution < -0.4 is 11.1 Å². The molecule has 3 N–H and O–H groups in total. The minimum Gasteiger partial charge on any atom is -0.464 e. The molecule has 2 aromatic heterocycles. The highest BCUT2D eigenvalue weighted by atomic mass is 32.1. The van der Waals surface area contributed by atoms with Gasteiger partial charge in [0.05, 0.1) is 12.6 Å². The van der Waals surface area contributed by atoms with Crippen LogP contribution in [0.1, 0.15) is 41.8 Å². The van der Waals surface area contributed by atoms with E-state index in [2.05, 4.69) is 9.69 Å². The van der Waals surface area contributed by atoms with E-state index in [9.17, 15) is 4.79 Å². The molecule has 108 valence electrons. The monoisotopic (exact) mass is 295 g/mol. The van der Waals surface area contributed by atoms with E-state index in [1.807, 2.05) is 26.0 Å². The summed E-state index contributed by atoms with van der Waals surface area (Å²) in [7, 11) is 0. The number of aromatic nitrogens is 1. The second-order valence-electron chi connectivity index (χ2n) is 4.31. The van der Waals surface area contributed by atoms with Crippen LogP contribution >= 0.6 is 11.5 Å². The van der Waals surface area contributed by atoms with Crippen LogP contribution in [0.15, 0.2) is 16.5 Å². The molecule has 0 spiro atoms. The van der Waals surface area contributed by atoms with Gasteiger partial charge in [-0.05, 0) is 44.4 Å². The van der Waals surface area contributed by atoms with Gasteiger partial charge in [0.15, 0.2) is 5.82 Å². The molecular weight excluding hydrogens is 278 g/mol. The second kappa shape index (κ2) is 5.96. The van der Waals surface area contributed by atoms with Gasteiger partial charge in [0, 0.05) is 0 Å². The number of nitrogens with two attached hydrogens (primary N) is 1. The summed E-state index contributed by atoms with van der Waals surface area (Å²) in [6, 6.07) is 3.68. The lowest BCUT2D eigenvalue weighted by molar-refractivity contribution is 0.0529. The smallest absolute Gasteiger partial charge is 0.344 e. The summed E-state index contributed by atoms with van der Waals surface area (Å²) in [6.45, 7) is 5.85. The fourth-order valence-corrected chi connectivity index (χ4v) is 2.54. The number of hydrogen-bond acceptors (Lipinski definition) is 7. The number of aryl methyl sites for hydroxylation is 1. The van der Waals surface area contributed by atoms with Crippen LogP contribution in [0, 0.1) is 6.92 Å². The molecule has 6 nitrogen and oxygen atoms in total. The summed E-state index contributed by atoms with van der Waals surface area (Å²) in [5, 5.41) is 3.77. The predicted molar refractivity (Wildman–Crippen MR) is 78.0 cm³/mol. The third-order valence-electron chi connectivity index (χ3n) is 2.73. The molecule has 1 unspecified atom stereocenters. The van der Waals surface area contributed by atoms with Crippen molar-refractivity contribution in [2.45, 2.75) is 26.8 Å². The molecule has 0 aliphatic heterocycles. The van der Waals surface area contributed by atoms with Crippen molar-refractivity contribution in [2.75, 3.05) is 17.7 Å². The highest BCUT2D eigenvalue weighted by Gasteiger charge is 2.22. The molecule has 2 rings (SSSR count). The largest absolute Gasteiger partial charge is 0.464 e. The summed E-state index contributed by atoms with van der Waals surface area (Å²) in [5.74, 6) is 1.33. The molecule has 0 fully saturated rings. The summed E-state index contributed by atoms with van der Waals surface area (Å²) in [6.07, 6.45) is 0. The van der Waals surface area contributed by atoms with Gasteiger partial charge in [-0.2, -0.15) is 4.37 Å².